The Labute approximate surface area is 129 Å². The molecule has 0 spiro atoms. The van der Waals surface area contributed by atoms with Crippen LogP contribution < -0.4 is 9.46 Å². The number of nitrogens with one attached hydrogen (secondary N) is 1. The summed E-state index contributed by atoms with van der Waals surface area (Å²) >= 11 is 0. The van der Waals surface area contributed by atoms with Crippen LogP contribution in [-0.2, 0) is 17.1 Å². The Balaban J connectivity index is 2.37. The Bertz CT molecular complexity index is 755. The van der Waals surface area contributed by atoms with Crippen molar-refractivity contribution < 1.29 is 13.2 Å². The lowest BCUT2D eigenvalue weighted by molar-refractivity contribution is 0.311. The molecule has 0 aromatic carbocycles. The van der Waals surface area contributed by atoms with Gasteiger partial charge in [0.25, 0.3) is 10.0 Å². The summed E-state index contributed by atoms with van der Waals surface area (Å²) in [6.45, 7) is 7.39. The Morgan fingerprint density at radius 1 is 1.18 bits per heavy atom. The molecular weight excluding hydrogens is 306 g/mol. The summed E-state index contributed by atoms with van der Waals surface area (Å²) in [6, 6.07) is 0.231. The maximum atomic E-state index is 12.4. The molecule has 0 aliphatic rings. The largest absolute Gasteiger partial charge is 0.464 e. The third kappa shape index (κ3) is 3.19. The molecule has 1 N–H and O–H groups in total. The van der Waals surface area contributed by atoms with Crippen molar-refractivity contribution in [3.05, 3.63) is 23.4 Å². The number of hydrogen-bond acceptors (Lipinski definition) is 6. The zero-order valence-electron chi connectivity index (χ0n) is 13.2. The number of anilines is 1. The van der Waals surface area contributed by atoms with Crippen LogP contribution in [0.2, 0.25) is 0 Å². The first-order chi connectivity index (χ1) is 10.2. The fourth-order valence-corrected chi connectivity index (χ4v) is 3.09. The molecule has 0 amide bonds. The molecule has 2 aromatic rings. The van der Waals surface area contributed by atoms with Gasteiger partial charge in [-0.2, -0.15) is 18.4 Å². The lowest BCUT2D eigenvalue weighted by atomic mass is 10.3. The van der Waals surface area contributed by atoms with Crippen molar-refractivity contribution in [2.24, 2.45) is 7.05 Å². The van der Waals surface area contributed by atoms with E-state index in [0.717, 1.165) is 0 Å². The van der Waals surface area contributed by atoms with Crippen LogP contribution in [0.1, 0.15) is 24.1 Å². The van der Waals surface area contributed by atoms with Crippen molar-refractivity contribution in [1.82, 2.24) is 19.5 Å². The summed E-state index contributed by atoms with van der Waals surface area (Å²) in [6.07, 6.45) is 1.46. The van der Waals surface area contributed by atoms with Gasteiger partial charge in [-0.15, -0.1) is 0 Å². The second-order valence-corrected chi connectivity index (χ2v) is 6.46. The first-order valence-corrected chi connectivity index (χ1v) is 8.23. The molecule has 0 aliphatic carbocycles. The highest BCUT2D eigenvalue weighted by molar-refractivity contribution is 7.92. The summed E-state index contributed by atoms with van der Waals surface area (Å²) in [4.78, 5) is 12.3. The molecular formula is C13H19N5O3S. The van der Waals surface area contributed by atoms with Crippen LogP contribution >= 0.6 is 0 Å². The van der Waals surface area contributed by atoms with Gasteiger partial charge in [-0.05, 0) is 27.7 Å². The number of imidazole rings is 1. The minimum absolute atomic E-state index is 0.0415. The van der Waals surface area contributed by atoms with Gasteiger partial charge < -0.3 is 9.30 Å². The fourth-order valence-electron chi connectivity index (χ4n) is 1.87. The Morgan fingerprint density at radius 2 is 1.77 bits per heavy atom. The predicted molar refractivity (Wildman–Crippen MR) is 81.4 cm³/mol. The molecule has 2 aromatic heterocycles. The monoisotopic (exact) mass is 325 g/mol. The number of aryl methyl sites for hydroxylation is 4. The van der Waals surface area contributed by atoms with Gasteiger partial charge in [-0.25, -0.2) is 4.98 Å². The quantitative estimate of drug-likeness (QED) is 0.890. The zero-order valence-corrected chi connectivity index (χ0v) is 14.0. The number of rotatable bonds is 5. The molecule has 0 aliphatic heterocycles. The van der Waals surface area contributed by atoms with Crippen LogP contribution in [0.5, 0.6) is 6.01 Å². The van der Waals surface area contributed by atoms with E-state index in [9.17, 15) is 8.42 Å². The molecule has 2 rings (SSSR count). The first kappa shape index (κ1) is 16.2. The van der Waals surface area contributed by atoms with E-state index < -0.39 is 10.0 Å². The second-order valence-electron chi connectivity index (χ2n) is 4.83. The summed E-state index contributed by atoms with van der Waals surface area (Å²) < 4.78 is 34.2. The lowest BCUT2D eigenvalue weighted by Crippen LogP contribution is -2.16. The molecule has 8 nitrogen and oxygen atoms in total. The van der Waals surface area contributed by atoms with Gasteiger partial charge in [0.15, 0.2) is 5.03 Å². The number of hydrogen-bond donors (Lipinski definition) is 1. The molecule has 120 valence electrons. The molecule has 0 fully saturated rings. The van der Waals surface area contributed by atoms with Crippen LogP contribution in [0.25, 0.3) is 0 Å². The molecule has 0 saturated heterocycles. The Hall–Kier alpha value is -2.16. The topological polar surface area (TPSA) is 99.0 Å². The third-order valence-corrected chi connectivity index (χ3v) is 4.34. The number of nitrogens with zero attached hydrogens (tertiary/aromatic N) is 4. The summed E-state index contributed by atoms with van der Waals surface area (Å²) in [7, 11) is -2.05. The molecule has 0 bridgehead atoms. The molecule has 2 heterocycles. The van der Waals surface area contributed by atoms with E-state index in [2.05, 4.69) is 19.7 Å². The Kier molecular flexibility index (Phi) is 4.36. The smallest absolute Gasteiger partial charge is 0.316 e. The van der Waals surface area contributed by atoms with Crippen LogP contribution in [0.15, 0.2) is 11.2 Å². The molecule has 0 atom stereocenters. The molecule has 9 heteroatoms. The van der Waals surface area contributed by atoms with Crippen molar-refractivity contribution in [2.75, 3.05) is 11.3 Å². The van der Waals surface area contributed by atoms with Gasteiger partial charge in [-0.1, -0.05) is 0 Å². The fraction of sp³-hybridized carbons (Fsp3) is 0.462. The number of ether oxygens (including phenoxy) is 1. The maximum Gasteiger partial charge on any atom is 0.316 e. The van der Waals surface area contributed by atoms with Crippen LogP contribution in [0.3, 0.4) is 0 Å². The van der Waals surface area contributed by atoms with Crippen molar-refractivity contribution in [1.29, 1.82) is 0 Å². The minimum atomic E-state index is -3.79. The number of sulfonamides is 1. The average molecular weight is 325 g/mol. The molecule has 0 saturated carbocycles. The second kappa shape index (κ2) is 5.91. The zero-order chi connectivity index (χ0) is 16.5. The average Bonchev–Trinajstić information content (AvgIpc) is 2.75. The minimum Gasteiger partial charge on any atom is -0.464 e. The van der Waals surface area contributed by atoms with Crippen LogP contribution in [-0.4, -0.2) is 34.5 Å². The van der Waals surface area contributed by atoms with Gasteiger partial charge in [0, 0.05) is 13.2 Å². The highest BCUT2D eigenvalue weighted by Gasteiger charge is 2.21. The SMILES string of the molecule is CCOc1nc(C)c(NS(=O)(=O)c2cn(C)c(C)n2)c(C)n1. The van der Waals surface area contributed by atoms with Crippen LogP contribution in [0.4, 0.5) is 5.69 Å². The third-order valence-electron chi connectivity index (χ3n) is 3.12. The molecule has 22 heavy (non-hydrogen) atoms. The van der Waals surface area contributed by atoms with E-state index in [1.807, 2.05) is 6.92 Å². The molecule has 0 radical (unpaired) electrons. The summed E-state index contributed by atoms with van der Waals surface area (Å²) in [5.74, 6) is 0.608. The number of aromatic nitrogens is 4. The van der Waals surface area contributed by atoms with E-state index in [0.29, 0.717) is 29.5 Å². The van der Waals surface area contributed by atoms with Crippen molar-refractivity contribution in [3.63, 3.8) is 0 Å². The normalized spacial score (nSPS) is 11.5. The van der Waals surface area contributed by atoms with Gasteiger partial charge in [0.1, 0.15) is 5.82 Å². The standard InChI is InChI=1S/C13H19N5O3S/c1-6-21-13-14-8(2)12(9(3)15-13)17-22(19,20)11-7-18(5)10(4)16-11/h7,17H,6H2,1-5H3. The van der Waals surface area contributed by atoms with Gasteiger partial charge in [0.2, 0.25) is 0 Å². The summed E-state index contributed by atoms with van der Waals surface area (Å²) in [5.41, 5.74) is 1.33. The van der Waals surface area contributed by atoms with Crippen LogP contribution in [0, 0.1) is 20.8 Å². The van der Waals surface area contributed by atoms with Crippen molar-refractivity contribution >= 4 is 15.7 Å². The highest BCUT2D eigenvalue weighted by Crippen LogP contribution is 2.23. The maximum absolute atomic E-state index is 12.4. The van der Waals surface area contributed by atoms with Gasteiger partial charge in [-0.3, -0.25) is 4.72 Å². The van der Waals surface area contributed by atoms with Gasteiger partial charge in [0.05, 0.1) is 23.7 Å². The Morgan fingerprint density at radius 3 is 2.23 bits per heavy atom. The van der Waals surface area contributed by atoms with Crippen molar-refractivity contribution in [2.45, 2.75) is 32.7 Å². The van der Waals surface area contributed by atoms with Crippen molar-refractivity contribution in [3.8, 4) is 6.01 Å². The predicted octanol–water partition coefficient (Wildman–Crippen LogP) is 1.33. The highest BCUT2D eigenvalue weighted by atomic mass is 32.2. The van der Waals surface area contributed by atoms with E-state index in [-0.39, 0.29) is 11.0 Å². The van der Waals surface area contributed by atoms with E-state index in [1.54, 1.807) is 32.4 Å². The van der Waals surface area contributed by atoms with E-state index >= 15 is 0 Å². The van der Waals surface area contributed by atoms with E-state index in [1.165, 1.54) is 6.20 Å². The summed E-state index contributed by atoms with van der Waals surface area (Å²) in [5, 5.41) is -0.0415. The lowest BCUT2D eigenvalue weighted by Gasteiger charge is -2.12. The van der Waals surface area contributed by atoms with E-state index in [4.69, 9.17) is 4.74 Å². The molecule has 0 unspecified atom stereocenters. The van der Waals surface area contributed by atoms with Gasteiger partial charge >= 0.3 is 6.01 Å². The first-order valence-electron chi connectivity index (χ1n) is 6.75.